The van der Waals surface area contributed by atoms with Crippen LogP contribution in [0.1, 0.15) is 22.4 Å². The van der Waals surface area contributed by atoms with Gasteiger partial charge in [-0.1, -0.05) is 23.7 Å². The minimum atomic E-state index is -0.0795. The molecular weight excluding hydrogens is 274 g/mol. The third kappa shape index (κ3) is 2.62. The second kappa shape index (κ2) is 5.38. The lowest BCUT2D eigenvalue weighted by molar-refractivity contribution is 0.562. The van der Waals surface area contributed by atoms with Crippen LogP contribution < -0.4 is 10.9 Å². The predicted octanol–water partition coefficient (Wildman–Crippen LogP) is 1.90. The van der Waals surface area contributed by atoms with Crippen molar-refractivity contribution >= 4 is 11.6 Å². The van der Waals surface area contributed by atoms with E-state index in [4.69, 9.17) is 11.6 Å². The van der Waals surface area contributed by atoms with Crippen molar-refractivity contribution in [3.05, 3.63) is 62.0 Å². The number of nitrogens with one attached hydrogen (secondary N) is 1. The van der Waals surface area contributed by atoms with E-state index in [1.54, 1.807) is 6.07 Å². The quantitative estimate of drug-likeness (QED) is 0.918. The number of hydrogen-bond acceptors (Lipinski definition) is 3. The average Bonchev–Trinajstić information content (AvgIpc) is 2.42. The molecule has 0 saturated heterocycles. The predicted molar refractivity (Wildman–Crippen MR) is 79.2 cm³/mol. The molecule has 0 unspecified atom stereocenters. The topological polar surface area (TPSA) is 46.9 Å². The van der Waals surface area contributed by atoms with Crippen LogP contribution in [0.5, 0.6) is 0 Å². The van der Waals surface area contributed by atoms with Crippen LogP contribution >= 0.6 is 11.6 Å². The lowest BCUT2D eigenvalue weighted by Crippen LogP contribution is -2.31. The Morgan fingerprint density at radius 3 is 3.05 bits per heavy atom. The van der Waals surface area contributed by atoms with E-state index in [1.807, 2.05) is 25.1 Å². The molecule has 0 bridgehead atoms. The van der Waals surface area contributed by atoms with E-state index in [1.165, 1.54) is 4.68 Å². The van der Waals surface area contributed by atoms with Gasteiger partial charge in [0.05, 0.1) is 12.2 Å². The largest absolute Gasteiger partial charge is 0.312 e. The van der Waals surface area contributed by atoms with Crippen LogP contribution in [0.25, 0.3) is 0 Å². The zero-order valence-electron chi connectivity index (χ0n) is 11.3. The SMILES string of the molecule is Cc1ccc(Cn2nc3c(cc2=O)CNCC3)c(Cl)c1. The van der Waals surface area contributed by atoms with Gasteiger partial charge in [0.2, 0.25) is 0 Å². The van der Waals surface area contributed by atoms with Gasteiger partial charge in [-0.05, 0) is 29.7 Å². The van der Waals surface area contributed by atoms with Crippen LogP contribution in [0.4, 0.5) is 0 Å². The van der Waals surface area contributed by atoms with E-state index < -0.39 is 0 Å². The number of fused-ring (bicyclic) bond motifs is 1. The maximum absolute atomic E-state index is 12.1. The number of halogens is 1. The van der Waals surface area contributed by atoms with Crippen molar-refractivity contribution < 1.29 is 0 Å². The molecule has 3 rings (SSSR count). The Bertz CT molecular complexity index is 709. The van der Waals surface area contributed by atoms with Crippen molar-refractivity contribution in [1.29, 1.82) is 0 Å². The zero-order valence-corrected chi connectivity index (χ0v) is 12.1. The highest BCUT2D eigenvalue weighted by Gasteiger charge is 2.13. The number of aromatic nitrogens is 2. The van der Waals surface area contributed by atoms with Gasteiger partial charge in [0.25, 0.3) is 5.56 Å². The fourth-order valence-corrected chi connectivity index (χ4v) is 2.71. The maximum atomic E-state index is 12.1. The molecule has 0 spiro atoms. The summed E-state index contributed by atoms with van der Waals surface area (Å²) in [5.41, 5.74) is 3.96. The highest BCUT2D eigenvalue weighted by molar-refractivity contribution is 6.31. The molecule has 0 saturated carbocycles. The molecule has 1 aromatic carbocycles. The van der Waals surface area contributed by atoms with Crippen molar-refractivity contribution in [3.63, 3.8) is 0 Å². The van der Waals surface area contributed by atoms with Crippen molar-refractivity contribution in [2.24, 2.45) is 0 Å². The third-order valence-corrected chi connectivity index (χ3v) is 3.90. The minimum Gasteiger partial charge on any atom is -0.312 e. The molecule has 1 N–H and O–H groups in total. The first-order valence-corrected chi connectivity index (χ1v) is 7.07. The normalized spacial score (nSPS) is 14.1. The Morgan fingerprint density at radius 1 is 1.40 bits per heavy atom. The lowest BCUT2D eigenvalue weighted by atomic mass is 10.1. The van der Waals surface area contributed by atoms with Crippen LogP contribution in [0.2, 0.25) is 5.02 Å². The Labute approximate surface area is 122 Å². The Morgan fingerprint density at radius 2 is 2.25 bits per heavy atom. The number of benzene rings is 1. The van der Waals surface area contributed by atoms with Crippen LogP contribution in [-0.4, -0.2) is 16.3 Å². The van der Waals surface area contributed by atoms with Gasteiger partial charge in [0, 0.05) is 30.6 Å². The summed E-state index contributed by atoms with van der Waals surface area (Å²) in [5.74, 6) is 0. The molecule has 1 aliphatic rings. The molecule has 1 aliphatic heterocycles. The average molecular weight is 290 g/mol. The van der Waals surface area contributed by atoms with Gasteiger partial charge >= 0.3 is 0 Å². The molecule has 2 heterocycles. The zero-order chi connectivity index (χ0) is 14.1. The van der Waals surface area contributed by atoms with Crippen LogP contribution in [0.3, 0.4) is 0 Å². The number of hydrogen-bond donors (Lipinski definition) is 1. The summed E-state index contributed by atoms with van der Waals surface area (Å²) in [6.45, 7) is 4.04. The molecule has 1 aromatic heterocycles. The molecule has 0 fully saturated rings. The van der Waals surface area contributed by atoms with Crippen molar-refractivity contribution in [2.45, 2.75) is 26.4 Å². The first-order valence-electron chi connectivity index (χ1n) is 6.69. The standard InChI is InChI=1S/C15H16ClN3O/c1-10-2-3-11(13(16)6-10)9-19-15(20)7-12-8-17-5-4-14(12)18-19/h2-3,6-7,17H,4-5,8-9H2,1H3. The summed E-state index contributed by atoms with van der Waals surface area (Å²) in [7, 11) is 0. The number of nitrogens with zero attached hydrogens (tertiary/aromatic N) is 2. The first kappa shape index (κ1) is 13.3. The van der Waals surface area contributed by atoms with Gasteiger partial charge in [-0.2, -0.15) is 5.10 Å². The Hall–Kier alpha value is -1.65. The van der Waals surface area contributed by atoms with Gasteiger partial charge in [0.15, 0.2) is 0 Å². The smallest absolute Gasteiger partial charge is 0.267 e. The molecule has 20 heavy (non-hydrogen) atoms. The van der Waals surface area contributed by atoms with Crippen molar-refractivity contribution in [1.82, 2.24) is 15.1 Å². The van der Waals surface area contributed by atoms with Gasteiger partial charge < -0.3 is 5.32 Å². The van der Waals surface area contributed by atoms with E-state index in [2.05, 4.69) is 10.4 Å². The van der Waals surface area contributed by atoms with E-state index in [-0.39, 0.29) is 5.56 Å². The molecule has 0 radical (unpaired) electrons. The summed E-state index contributed by atoms with van der Waals surface area (Å²) in [6, 6.07) is 7.53. The van der Waals surface area contributed by atoms with Gasteiger partial charge in [-0.15, -0.1) is 0 Å². The highest BCUT2D eigenvalue weighted by Crippen LogP contribution is 2.18. The summed E-state index contributed by atoms with van der Waals surface area (Å²) < 4.78 is 1.50. The van der Waals surface area contributed by atoms with E-state index in [9.17, 15) is 4.79 Å². The molecule has 0 amide bonds. The third-order valence-electron chi connectivity index (χ3n) is 3.55. The maximum Gasteiger partial charge on any atom is 0.267 e. The van der Waals surface area contributed by atoms with Gasteiger partial charge in [0.1, 0.15) is 0 Å². The molecular formula is C15H16ClN3O. The molecule has 0 aliphatic carbocycles. The van der Waals surface area contributed by atoms with Crippen LogP contribution in [-0.2, 0) is 19.5 Å². The number of rotatable bonds is 2. The van der Waals surface area contributed by atoms with Crippen LogP contribution in [0, 0.1) is 6.92 Å². The lowest BCUT2D eigenvalue weighted by Gasteiger charge is -2.17. The molecule has 4 nitrogen and oxygen atoms in total. The van der Waals surface area contributed by atoms with Gasteiger partial charge in [-0.25, -0.2) is 4.68 Å². The summed E-state index contributed by atoms with van der Waals surface area (Å²) >= 11 is 6.22. The van der Waals surface area contributed by atoms with Crippen molar-refractivity contribution in [3.8, 4) is 0 Å². The summed E-state index contributed by atoms with van der Waals surface area (Å²) in [6.07, 6.45) is 0.858. The van der Waals surface area contributed by atoms with Gasteiger partial charge in [-0.3, -0.25) is 4.79 Å². The molecule has 5 heteroatoms. The fourth-order valence-electron chi connectivity index (χ4n) is 2.41. The molecule has 2 aromatic rings. The summed E-state index contributed by atoms with van der Waals surface area (Å²) in [4.78, 5) is 12.1. The fraction of sp³-hybridized carbons (Fsp3) is 0.333. The molecule has 0 atom stereocenters. The second-order valence-corrected chi connectivity index (χ2v) is 5.54. The van der Waals surface area contributed by atoms with Crippen LogP contribution in [0.15, 0.2) is 29.1 Å². The van der Waals surface area contributed by atoms with E-state index in [0.717, 1.165) is 41.9 Å². The van der Waals surface area contributed by atoms with E-state index >= 15 is 0 Å². The Balaban J connectivity index is 1.96. The second-order valence-electron chi connectivity index (χ2n) is 5.13. The minimum absolute atomic E-state index is 0.0795. The summed E-state index contributed by atoms with van der Waals surface area (Å²) in [5, 5.41) is 8.40. The van der Waals surface area contributed by atoms with Crippen molar-refractivity contribution in [2.75, 3.05) is 6.54 Å². The van der Waals surface area contributed by atoms with E-state index in [0.29, 0.717) is 11.6 Å². The Kier molecular flexibility index (Phi) is 3.59. The number of aryl methyl sites for hydroxylation is 1. The highest BCUT2D eigenvalue weighted by atomic mass is 35.5. The first-order chi connectivity index (χ1) is 9.63. The monoisotopic (exact) mass is 289 g/mol. The molecule has 104 valence electrons.